The van der Waals surface area contributed by atoms with Gasteiger partial charge in [-0.25, -0.2) is 8.78 Å². The van der Waals surface area contributed by atoms with Crippen molar-refractivity contribution >= 4 is 39.5 Å². The van der Waals surface area contributed by atoms with Gasteiger partial charge in [0.25, 0.3) is 0 Å². The Morgan fingerprint density at radius 3 is 2.67 bits per heavy atom. The summed E-state index contributed by atoms with van der Waals surface area (Å²) >= 11 is 6.76. The third-order valence-corrected chi connectivity index (χ3v) is 3.18. The number of rotatable bonds is 0. The zero-order valence-corrected chi connectivity index (χ0v) is 9.53. The van der Waals surface area contributed by atoms with E-state index in [1.54, 1.807) is 0 Å². The molecule has 0 aliphatic rings. The fourth-order valence-electron chi connectivity index (χ4n) is 1.19. The molecule has 2 nitrogen and oxygen atoms in total. The molecule has 1 heterocycles. The average Bonchev–Trinajstić information content (AvgIpc) is 2.17. The SMILES string of the molecule is O=c1c(Br)c(S)oc2c(F)cc(F)cc12. The minimum atomic E-state index is -0.926. The first-order valence-electron chi connectivity index (χ1n) is 3.81. The molecule has 0 aliphatic heterocycles. The predicted octanol–water partition coefficient (Wildman–Crippen LogP) is 3.12. The van der Waals surface area contributed by atoms with Gasteiger partial charge in [-0.15, -0.1) is 12.6 Å². The third kappa shape index (κ3) is 1.68. The van der Waals surface area contributed by atoms with Gasteiger partial charge in [0.2, 0.25) is 5.43 Å². The van der Waals surface area contributed by atoms with Crippen LogP contribution in [0.25, 0.3) is 11.0 Å². The highest BCUT2D eigenvalue weighted by Crippen LogP contribution is 2.24. The van der Waals surface area contributed by atoms with Crippen molar-refractivity contribution in [2.24, 2.45) is 0 Å². The predicted molar refractivity (Wildman–Crippen MR) is 57.4 cm³/mol. The molecule has 0 saturated carbocycles. The highest BCUT2D eigenvalue weighted by atomic mass is 79.9. The summed E-state index contributed by atoms with van der Waals surface area (Å²) in [6, 6.07) is 1.56. The van der Waals surface area contributed by atoms with Crippen LogP contribution in [0.15, 0.2) is 30.9 Å². The van der Waals surface area contributed by atoms with E-state index in [0.717, 1.165) is 6.07 Å². The summed E-state index contributed by atoms with van der Waals surface area (Å²) in [4.78, 5) is 11.6. The smallest absolute Gasteiger partial charge is 0.208 e. The van der Waals surface area contributed by atoms with Gasteiger partial charge < -0.3 is 4.42 Å². The van der Waals surface area contributed by atoms with Crippen molar-refractivity contribution in [3.05, 3.63) is 38.5 Å². The van der Waals surface area contributed by atoms with Crippen LogP contribution in [0.4, 0.5) is 8.78 Å². The van der Waals surface area contributed by atoms with Crippen molar-refractivity contribution in [2.45, 2.75) is 5.09 Å². The van der Waals surface area contributed by atoms with Crippen LogP contribution in [0.1, 0.15) is 0 Å². The molecule has 15 heavy (non-hydrogen) atoms. The van der Waals surface area contributed by atoms with E-state index in [4.69, 9.17) is 4.42 Å². The number of thiol groups is 1. The lowest BCUT2D eigenvalue weighted by molar-refractivity contribution is 0.469. The molecule has 0 atom stereocenters. The summed E-state index contributed by atoms with van der Waals surface area (Å²) in [7, 11) is 0. The highest BCUT2D eigenvalue weighted by molar-refractivity contribution is 9.10. The largest absolute Gasteiger partial charge is 0.446 e. The maximum absolute atomic E-state index is 13.2. The first-order valence-corrected chi connectivity index (χ1v) is 5.05. The van der Waals surface area contributed by atoms with Crippen LogP contribution < -0.4 is 5.43 Å². The summed E-state index contributed by atoms with van der Waals surface area (Å²) in [5, 5.41) is -0.199. The molecule has 0 N–H and O–H groups in total. The normalized spacial score (nSPS) is 10.9. The van der Waals surface area contributed by atoms with Crippen molar-refractivity contribution in [2.75, 3.05) is 0 Å². The van der Waals surface area contributed by atoms with E-state index in [1.807, 2.05) is 0 Å². The van der Waals surface area contributed by atoms with E-state index in [1.165, 1.54) is 0 Å². The Bertz CT molecular complexity index is 609. The molecule has 0 fully saturated rings. The topological polar surface area (TPSA) is 30.2 Å². The molecule has 0 aliphatic carbocycles. The van der Waals surface area contributed by atoms with Gasteiger partial charge in [-0.05, 0) is 22.0 Å². The van der Waals surface area contributed by atoms with Crippen LogP contribution in [0, 0.1) is 11.6 Å². The maximum Gasteiger partial charge on any atom is 0.208 e. The Kier molecular flexibility index (Phi) is 2.56. The molecule has 1 aromatic carbocycles. The standard InChI is InChI=1S/C9H3BrF2O2S/c10-6-7(13)4-1-3(11)2-5(12)8(4)14-9(6)15/h1-2,15H. The van der Waals surface area contributed by atoms with Gasteiger partial charge in [-0.2, -0.15) is 0 Å². The molecule has 0 bridgehead atoms. The van der Waals surface area contributed by atoms with Gasteiger partial charge in [0.1, 0.15) is 10.3 Å². The summed E-state index contributed by atoms with van der Waals surface area (Å²) < 4.78 is 31.1. The molecular formula is C9H3BrF2O2S. The molecule has 0 unspecified atom stereocenters. The Morgan fingerprint density at radius 2 is 2.00 bits per heavy atom. The number of benzene rings is 1. The number of halogens is 3. The van der Waals surface area contributed by atoms with E-state index in [2.05, 4.69) is 28.6 Å². The molecule has 78 valence electrons. The van der Waals surface area contributed by atoms with Gasteiger partial charge >= 0.3 is 0 Å². The van der Waals surface area contributed by atoms with Crippen LogP contribution in [0.5, 0.6) is 0 Å². The average molecular weight is 293 g/mol. The van der Waals surface area contributed by atoms with Gasteiger partial charge in [-0.3, -0.25) is 4.79 Å². The van der Waals surface area contributed by atoms with Crippen LogP contribution >= 0.6 is 28.6 Å². The fourth-order valence-corrected chi connectivity index (χ4v) is 1.68. The van der Waals surface area contributed by atoms with Crippen LogP contribution in [-0.4, -0.2) is 0 Å². The summed E-state index contributed by atoms with van der Waals surface area (Å²) in [6.45, 7) is 0. The number of fused-ring (bicyclic) bond motifs is 1. The van der Waals surface area contributed by atoms with Gasteiger partial charge in [0.05, 0.1) is 5.39 Å². The molecule has 6 heteroatoms. The van der Waals surface area contributed by atoms with Crippen LogP contribution in [0.3, 0.4) is 0 Å². The Labute approximate surface area is 96.4 Å². The van der Waals surface area contributed by atoms with Gasteiger partial charge in [-0.1, -0.05) is 0 Å². The molecule has 0 radical (unpaired) electrons. The first-order chi connectivity index (χ1) is 7.00. The van der Waals surface area contributed by atoms with Gasteiger partial charge in [0.15, 0.2) is 16.5 Å². The molecule has 0 saturated heterocycles. The monoisotopic (exact) mass is 292 g/mol. The number of hydrogen-bond acceptors (Lipinski definition) is 3. The minimum absolute atomic E-state index is 0.0435. The van der Waals surface area contributed by atoms with Crippen molar-refractivity contribution in [1.82, 2.24) is 0 Å². The van der Waals surface area contributed by atoms with Crippen molar-refractivity contribution < 1.29 is 13.2 Å². The van der Waals surface area contributed by atoms with E-state index < -0.39 is 17.1 Å². The quantitative estimate of drug-likeness (QED) is 0.756. The van der Waals surface area contributed by atoms with Crippen LogP contribution in [-0.2, 0) is 0 Å². The zero-order chi connectivity index (χ0) is 11.2. The summed E-state index contributed by atoms with van der Waals surface area (Å²) in [5.74, 6) is -1.75. The van der Waals surface area contributed by atoms with E-state index in [0.29, 0.717) is 6.07 Å². The lowest BCUT2D eigenvalue weighted by Gasteiger charge is -2.01. The molecule has 2 rings (SSSR count). The molecule has 0 amide bonds. The van der Waals surface area contributed by atoms with Crippen molar-refractivity contribution in [3.8, 4) is 0 Å². The lowest BCUT2D eigenvalue weighted by Crippen LogP contribution is -2.04. The number of hydrogen-bond donors (Lipinski definition) is 1. The maximum atomic E-state index is 13.2. The van der Waals surface area contributed by atoms with Crippen LogP contribution in [0.2, 0.25) is 0 Å². The molecule has 2 aromatic rings. The second-order valence-corrected chi connectivity index (χ2v) is 4.01. The molecule has 1 aromatic heterocycles. The molecular weight excluding hydrogens is 290 g/mol. The van der Waals surface area contributed by atoms with Gasteiger partial charge in [0, 0.05) is 6.07 Å². The van der Waals surface area contributed by atoms with E-state index in [9.17, 15) is 13.6 Å². The second-order valence-electron chi connectivity index (χ2n) is 2.81. The first kappa shape index (κ1) is 10.6. The third-order valence-electron chi connectivity index (χ3n) is 1.84. The second kappa shape index (κ2) is 3.61. The van der Waals surface area contributed by atoms with Crippen molar-refractivity contribution in [3.63, 3.8) is 0 Å². The Balaban J connectivity index is 3.06. The summed E-state index contributed by atoms with van der Waals surface area (Å²) in [6.07, 6.45) is 0. The minimum Gasteiger partial charge on any atom is -0.446 e. The fraction of sp³-hybridized carbons (Fsp3) is 0. The highest BCUT2D eigenvalue weighted by Gasteiger charge is 2.14. The zero-order valence-electron chi connectivity index (χ0n) is 7.05. The van der Waals surface area contributed by atoms with E-state index >= 15 is 0 Å². The Hall–Kier alpha value is -0.880. The van der Waals surface area contributed by atoms with Crippen molar-refractivity contribution in [1.29, 1.82) is 0 Å². The van der Waals surface area contributed by atoms with E-state index in [-0.39, 0.29) is 20.5 Å². The Morgan fingerprint density at radius 1 is 1.33 bits per heavy atom. The lowest BCUT2D eigenvalue weighted by atomic mass is 10.2. The molecule has 0 spiro atoms. The summed E-state index contributed by atoms with van der Waals surface area (Å²) in [5.41, 5.74) is -0.853.